The van der Waals surface area contributed by atoms with Crippen molar-refractivity contribution in [2.45, 2.75) is 33.2 Å². The number of hydrogen-bond acceptors (Lipinski definition) is 3. The maximum Gasteiger partial charge on any atom is 0.326 e. The molecular formula is C14H29N3O3. The molecule has 0 fully saturated rings. The molecular weight excluding hydrogens is 258 g/mol. The van der Waals surface area contributed by atoms with Gasteiger partial charge in [-0.2, -0.15) is 0 Å². The lowest BCUT2D eigenvalue weighted by molar-refractivity contribution is -0.142. The van der Waals surface area contributed by atoms with E-state index in [2.05, 4.69) is 0 Å². The fourth-order valence-corrected chi connectivity index (χ4v) is 2.00. The van der Waals surface area contributed by atoms with Crippen LogP contribution in [0, 0.1) is 5.92 Å². The molecule has 0 saturated heterocycles. The van der Waals surface area contributed by atoms with Crippen molar-refractivity contribution in [3.05, 3.63) is 0 Å². The van der Waals surface area contributed by atoms with E-state index < -0.39 is 12.0 Å². The largest absolute Gasteiger partial charge is 0.480 e. The topological polar surface area (TPSA) is 64.1 Å². The average molecular weight is 287 g/mol. The highest BCUT2D eigenvalue weighted by Crippen LogP contribution is 2.09. The van der Waals surface area contributed by atoms with Crippen LogP contribution in [0.3, 0.4) is 0 Å². The zero-order valence-electron chi connectivity index (χ0n) is 13.6. The molecule has 0 spiro atoms. The number of amides is 2. The van der Waals surface area contributed by atoms with E-state index in [-0.39, 0.29) is 6.03 Å². The van der Waals surface area contributed by atoms with Crippen molar-refractivity contribution in [1.29, 1.82) is 0 Å². The summed E-state index contributed by atoms with van der Waals surface area (Å²) in [6.07, 6.45) is 0.404. The van der Waals surface area contributed by atoms with Crippen molar-refractivity contribution >= 4 is 12.0 Å². The van der Waals surface area contributed by atoms with Gasteiger partial charge in [0.05, 0.1) is 0 Å². The predicted molar refractivity (Wildman–Crippen MR) is 79.8 cm³/mol. The Hall–Kier alpha value is -1.30. The van der Waals surface area contributed by atoms with Crippen LogP contribution in [-0.2, 0) is 4.79 Å². The molecule has 0 aromatic rings. The maximum atomic E-state index is 12.5. The van der Waals surface area contributed by atoms with E-state index >= 15 is 0 Å². The van der Waals surface area contributed by atoms with Crippen LogP contribution in [0.4, 0.5) is 4.79 Å². The number of carbonyl (C=O) groups excluding carboxylic acids is 1. The number of hydrogen-bond donors (Lipinski definition) is 1. The van der Waals surface area contributed by atoms with Crippen LogP contribution >= 0.6 is 0 Å². The Bertz CT molecular complexity index is 319. The van der Waals surface area contributed by atoms with Crippen molar-refractivity contribution in [1.82, 2.24) is 14.7 Å². The molecule has 6 nitrogen and oxygen atoms in total. The van der Waals surface area contributed by atoms with Gasteiger partial charge in [0.2, 0.25) is 0 Å². The third kappa shape index (κ3) is 6.23. The van der Waals surface area contributed by atoms with Crippen LogP contribution in [0.25, 0.3) is 0 Å². The highest BCUT2D eigenvalue weighted by molar-refractivity contribution is 5.82. The van der Waals surface area contributed by atoms with E-state index in [1.54, 1.807) is 18.9 Å². The molecule has 0 aliphatic carbocycles. The zero-order valence-corrected chi connectivity index (χ0v) is 13.6. The maximum absolute atomic E-state index is 12.5. The number of likely N-dealkylation sites (N-methyl/N-ethyl adjacent to an activating group) is 2. The number of aliphatic carboxylic acids is 1. The van der Waals surface area contributed by atoms with Crippen LogP contribution in [0.5, 0.6) is 0 Å². The van der Waals surface area contributed by atoms with Gasteiger partial charge in [-0.3, -0.25) is 0 Å². The first-order valence-corrected chi connectivity index (χ1v) is 7.09. The molecule has 0 aliphatic rings. The van der Waals surface area contributed by atoms with Crippen LogP contribution < -0.4 is 0 Å². The zero-order chi connectivity index (χ0) is 15.9. The van der Waals surface area contributed by atoms with E-state index in [0.29, 0.717) is 25.4 Å². The summed E-state index contributed by atoms with van der Waals surface area (Å²) in [7, 11) is 5.47. The molecule has 1 N–H and O–H groups in total. The van der Waals surface area contributed by atoms with E-state index in [0.717, 1.165) is 6.54 Å². The fourth-order valence-electron chi connectivity index (χ4n) is 2.00. The summed E-state index contributed by atoms with van der Waals surface area (Å²) >= 11 is 0. The second kappa shape index (κ2) is 8.79. The van der Waals surface area contributed by atoms with Crippen LogP contribution in [0.2, 0.25) is 0 Å². The Balaban J connectivity index is 4.86. The lowest BCUT2D eigenvalue weighted by Gasteiger charge is -2.33. The number of nitrogens with zero attached hydrogens (tertiary/aromatic N) is 3. The van der Waals surface area contributed by atoms with Crippen molar-refractivity contribution in [3.8, 4) is 0 Å². The Kier molecular flexibility index (Phi) is 8.22. The predicted octanol–water partition coefficient (Wildman–Crippen LogP) is 1.42. The average Bonchev–Trinajstić information content (AvgIpc) is 2.33. The summed E-state index contributed by atoms with van der Waals surface area (Å²) in [5.41, 5.74) is 0. The van der Waals surface area contributed by atoms with Gasteiger partial charge in [0.15, 0.2) is 0 Å². The van der Waals surface area contributed by atoms with Gasteiger partial charge in [-0.1, -0.05) is 20.8 Å². The summed E-state index contributed by atoms with van der Waals surface area (Å²) in [6.45, 7) is 7.86. The second-order valence-electron chi connectivity index (χ2n) is 5.80. The normalized spacial score (nSPS) is 12.6. The van der Waals surface area contributed by atoms with Gasteiger partial charge in [-0.05, 0) is 26.4 Å². The van der Waals surface area contributed by atoms with Gasteiger partial charge in [0, 0.05) is 26.7 Å². The highest BCUT2D eigenvalue weighted by Gasteiger charge is 2.28. The van der Waals surface area contributed by atoms with Gasteiger partial charge in [-0.25, -0.2) is 9.59 Å². The summed E-state index contributed by atoms with van der Waals surface area (Å²) < 4.78 is 0. The molecule has 20 heavy (non-hydrogen) atoms. The number of carboxylic acid groups (broad SMARTS) is 1. The van der Waals surface area contributed by atoms with Crippen molar-refractivity contribution in [3.63, 3.8) is 0 Å². The number of carboxylic acids is 1. The Morgan fingerprint density at radius 2 is 1.65 bits per heavy atom. The summed E-state index contributed by atoms with van der Waals surface area (Å²) in [6, 6.07) is -0.980. The van der Waals surface area contributed by atoms with Crippen LogP contribution in [0.15, 0.2) is 0 Å². The smallest absolute Gasteiger partial charge is 0.326 e. The van der Waals surface area contributed by atoms with Gasteiger partial charge < -0.3 is 19.8 Å². The molecule has 0 aromatic heterocycles. The molecule has 118 valence electrons. The third-order valence-corrected chi connectivity index (χ3v) is 3.11. The number of urea groups is 1. The standard InChI is InChI=1S/C14H29N3O3/c1-7-12(13(18)19)16(6)14(20)17(10-11(2)3)9-8-15(4)5/h11-12H,7-10H2,1-6H3,(H,18,19). The molecule has 0 aliphatic heterocycles. The van der Waals surface area contributed by atoms with E-state index in [1.807, 2.05) is 32.8 Å². The van der Waals surface area contributed by atoms with Gasteiger partial charge in [-0.15, -0.1) is 0 Å². The molecule has 0 radical (unpaired) electrons. The molecule has 0 rings (SSSR count). The Morgan fingerprint density at radius 3 is 2.00 bits per heavy atom. The summed E-state index contributed by atoms with van der Waals surface area (Å²) in [5.74, 6) is -0.611. The van der Waals surface area contributed by atoms with Gasteiger partial charge >= 0.3 is 12.0 Å². The number of rotatable bonds is 8. The monoisotopic (exact) mass is 287 g/mol. The fraction of sp³-hybridized carbons (Fsp3) is 0.857. The molecule has 0 aromatic carbocycles. The van der Waals surface area contributed by atoms with E-state index in [4.69, 9.17) is 5.11 Å². The minimum Gasteiger partial charge on any atom is -0.480 e. The minimum absolute atomic E-state index is 0.213. The van der Waals surface area contributed by atoms with Crippen molar-refractivity contribution in [2.75, 3.05) is 40.8 Å². The van der Waals surface area contributed by atoms with Crippen molar-refractivity contribution in [2.24, 2.45) is 5.92 Å². The second-order valence-corrected chi connectivity index (χ2v) is 5.80. The first-order chi connectivity index (χ1) is 9.20. The lowest BCUT2D eigenvalue weighted by Crippen LogP contribution is -2.51. The molecule has 1 atom stereocenters. The molecule has 2 amide bonds. The number of carbonyl (C=O) groups is 2. The first-order valence-electron chi connectivity index (χ1n) is 7.09. The molecule has 0 saturated carbocycles. The Labute approximate surface area is 122 Å². The first kappa shape index (κ1) is 18.7. The third-order valence-electron chi connectivity index (χ3n) is 3.11. The molecule has 6 heteroatoms. The van der Waals surface area contributed by atoms with E-state index in [1.165, 1.54) is 4.90 Å². The molecule has 1 unspecified atom stereocenters. The van der Waals surface area contributed by atoms with Gasteiger partial charge in [0.1, 0.15) is 6.04 Å². The summed E-state index contributed by atoms with van der Waals surface area (Å²) in [4.78, 5) is 28.7. The van der Waals surface area contributed by atoms with Crippen LogP contribution in [0.1, 0.15) is 27.2 Å². The van der Waals surface area contributed by atoms with Crippen molar-refractivity contribution < 1.29 is 14.7 Å². The SMILES string of the molecule is CCC(C(=O)O)N(C)C(=O)N(CCN(C)C)CC(C)C. The Morgan fingerprint density at radius 1 is 1.10 bits per heavy atom. The van der Waals surface area contributed by atoms with Crippen LogP contribution in [-0.4, -0.2) is 78.6 Å². The highest BCUT2D eigenvalue weighted by atomic mass is 16.4. The minimum atomic E-state index is -0.958. The lowest BCUT2D eigenvalue weighted by atomic mass is 10.2. The summed E-state index contributed by atoms with van der Waals surface area (Å²) in [5, 5.41) is 9.15. The van der Waals surface area contributed by atoms with Gasteiger partial charge in [0.25, 0.3) is 0 Å². The quantitative estimate of drug-likeness (QED) is 0.733. The molecule has 0 bridgehead atoms. The molecule has 0 heterocycles. The van der Waals surface area contributed by atoms with E-state index in [9.17, 15) is 9.59 Å².